The summed E-state index contributed by atoms with van der Waals surface area (Å²) in [6.07, 6.45) is 0. The van der Waals surface area contributed by atoms with Gasteiger partial charge in [-0.05, 0) is 23.8 Å². The van der Waals surface area contributed by atoms with Crippen molar-refractivity contribution in [3.05, 3.63) is 48.2 Å². The number of oxazole rings is 1. The fourth-order valence-corrected chi connectivity index (χ4v) is 2.20. The van der Waals surface area contributed by atoms with E-state index in [0.29, 0.717) is 5.89 Å². The molecule has 0 aliphatic rings. The lowest BCUT2D eigenvalue weighted by Gasteiger charge is -2.02. The molecule has 0 fully saturated rings. The summed E-state index contributed by atoms with van der Waals surface area (Å²) in [6.45, 7) is 1.98. The molecule has 0 aliphatic carbocycles. The summed E-state index contributed by atoms with van der Waals surface area (Å²) in [7, 11) is 0. The Morgan fingerprint density at radius 1 is 1.24 bits per heavy atom. The number of esters is 1. The van der Waals surface area contributed by atoms with Crippen LogP contribution in [-0.4, -0.2) is 17.6 Å². The lowest BCUT2D eigenvalue weighted by molar-refractivity contribution is 0.0521. The van der Waals surface area contributed by atoms with E-state index in [4.69, 9.17) is 14.9 Å². The molecule has 5 heteroatoms. The normalized spacial score (nSPS) is 10.7. The van der Waals surface area contributed by atoms with E-state index in [1.807, 2.05) is 42.5 Å². The number of hydrogen-bond acceptors (Lipinski definition) is 5. The molecule has 0 aliphatic heterocycles. The van der Waals surface area contributed by atoms with Gasteiger partial charge in [-0.15, -0.1) is 0 Å². The Labute approximate surface area is 121 Å². The van der Waals surface area contributed by atoms with Crippen molar-refractivity contribution in [3.8, 4) is 11.5 Å². The van der Waals surface area contributed by atoms with Gasteiger partial charge in [-0.3, -0.25) is 0 Å². The fraction of sp³-hybridized carbons (Fsp3) is 0.125. The minimum absolute atomic E-state index is 0.0137. The molecule has 21 heavy (non-hydrogen) atoms. The number of aromatic nitrogens is 1. The largest absolute Gasteiger partial charge is 0.461 e. The summed E-state index contributed by atoms with van der Waals surface area (Å²) in [5.74, 6) is -0.297. The number of nitrogens with two attached hydrogens (primary N) is 1. The van der Waals surface area contributed by atoms with E-state index >= 15 is 0 Å². The molecule has 3 aromatic rings. The van der Waals surface area contributed by atoms with Gasteiger partial charge in [-0.1, -0.05) is 36.4 Å². The Bertz CT molecular complexity index is 803. The third kappa shape index (κ3) is 2.33. The second kappa shape index (κ2) is 5.28. The molecule has 106 valence electrons. The number of rotatable bonds is 3. The number of benzene rings is 2. The van der Waals surface area contributed by atoms with Gasteiger partial charge in [-0.25, -0.2) is 4.79 Å². The van der Waals surface area contributed by atoms with Crippen LogP contribution < -0.4 is 5.73 Å². The molecule has 0 radical (unpaired) electrons. The molecule has 3 rings (SSSR count). The average Bonchev–Trinajstić information content (AvgIpc) is 2.89. The molecule has 5 nitrogen and oxygen atoms in total. The Morgan fingerprint density at radius 2 is 2.00 bits per heavy atom. The van der Waals surface area contributed by atoms with Gasteiger partial charge in [0.25, 0.3) is 0 Å². The third-order valence-corrected chi connectivity index (χ3v) is 3.14. The van der Waals surface area contributed by atoms with Gasteiger partial charge in [-0.2, -0.15) is 4.98 Å². The van der Waals surface area contributed by atoms with E-state index in [-0.39, 0.29) is 18.2 Å². The molecule has 2 N–H and O–H groups in total. The molecule has 0 unspecified atom stereocenters. The molecular formula is C16H14N2O3. The number of carbonyl (C=O) groups is 1. The quantitative estimate of drug-likeness (QED) is 0.746. The van der Waals surface area contributed by atoms with E-state index < -0.39 is 5.97 Å². The summed E-state index contributed by atoms with van der Waals surface area (Å²) in [5, 5.41) is 2.04. The number of fused-ring (bicyclic) bond motifs is 1. The molecule has 0 bridgehead atoms. The van der Waals surface area contributed by atoms with Crippen molar-refractivity contribution in [2.75, 3.05) is 12.3 Å². The van der Waals surface area contributed by atoms with Crippen LogP contribution >= 0.6 is 0 Å². The average molecular weight is 282 g/mol. The first-order chi connectivity index (χ1) is 10.2. The van der Waals surface area contributed by atoms with Crippen LogP contribution in [0.1, 0.15) is 17.4 Å². The van der Waals surface area contributed by atoms with Crippen LogP contribution in [0, 0.1) is 0 Å². The summed E-state index contributed by atoms with van der Waals surface area (Å²) >= 11 is 0. The maximum absolute atomic E-state index is 11.7. The van der Waals surface area contributed by atoms with Crippen LogP contribution in [0.25, 0.3) is 22.2 Å². The van der Waals surface area contributed by atoms with Gasteiger partial charge >= 0.3 is 5.97 Å². The zero-order valence-electron chi connectivity index (χ0n) is 11.5. The topological polar surface area (TPSA) is 78.3 Å². The summed E-state index contributed by atoms with van der Waals surface area (Å²) < 4.78 is 10.3. The molecule has 2 aromatic carbocycles. The van der Waals surface area contributed by atoms with Crippen molar-refractivity contribution in [3.63, 3.8) is 0 Å². The number of ether oxygens (including phenoxy) is 1. The molecule has 0 atom stereocenters. The van der Waals surface area contributed by atoms with Crippen LogP contribution in [0.2, 0.25) is 0 Å². The summed E-state index contributed by atoms with van der Waals surface area (Å²) in [4.78, 5) is 15.9. The molecular weight excluding hydrogens is 268 g/mol. The number of carbonyl (C=O) groups excluding carboxylic acids is 1. The van der Waals surface area contributed by atoms with Crippen molar-refractivity contribution in [1.29, 1.82) is 0 Å². The molecule has 1 aromatic heterocycles. The fourth-order valence-electron chi connectivity index (χ4n) is 2.20. The van der Waals surface area contributed by atoms with Gasteiger partial charge in [0.05, 0.1) is 6.61 Å². The highest BCUT2D eigenvalue weighted by atomic mass is 16.5. The first-order valence-electron chi connectivity index (χ1n) is 6.62. The minimum atomic E-state index is -0.578. The number of nitrogen functional groups attached to an aromatic ring is 1. The van der Waals surface area contributed by atoms with E-state index in [2.05, 4.69) is 4.98 Å². The number of nitrogens with zero attached hydrogens (tertiary/aromatic N) is 1. The number of hydrogen-bond donors (Lipinski definition) is 1. The van der Waals surface area contributed by atoms with Crippen LogP contribution in [0.15, 0.2) is 46.9 Å². The van der Waals surface area contributed by atoms with Crippen molar-refractivity contribution in [2.45, 2.75) is 6.92 Å². The SMILES string of the molecule is CCOC(=O)c1nc(-c2cccc3ccccc23)oc1N. The minimum Gasteiger partial charge on any atom is -0.461 e. The van der Waals surface area contributed by atoms with E-state index in [9.17, 15) is 4.79 Å². The Balaban J connectivity index is 2.12. The van der Waals surface area contributed by atoms with Crippen molar-refractivity contribution >= 4 is 22.6 Å². The van der Waals surface area contributed by atoms with Crippen molar-refractivity contribution in [1.82, 2.24) is 4.98 Å². The van der Waals surface area contributed by atoms with Gasteiger partial charge in [0.2, 0.25) is 17.5 Å². The summed E-state index contributed by atoms with van der Waals surface area (Å²) in [6, 6.07) is 13.6. The number of anilines is 1. The first-order valence-corrected chi connectivity index (χ1v) is 6.62. The predicted molar refractivity (Wildman–Crippen MR) is 79.8 cm³/mol. The Morgan fingerprint density at radius 3 is 2.81 bits per heavy atom. The molecule has 1 heterocycles. The monoisotopic (exact) mass is 282 g/mol. The second-order valence-corrected chi connectivity index (χ2v) is 4.48. The first kappa shape index (κ1) is 13.2. The van der Waals surface area contributed by atoms with E-state index in [1.54, 1.807) is 6.92 Å². The predicted octanol–water partition coefficient (Wildman–Crippen LogP) is 3.25. The van der Waals surface area contributed by atoms with Crippen LogP contribution in [0.3, 0.4) is 0 Å². The zero-order valence-corrected chi connectivity index (χ0v) is 11.5. The van der Waals surface area contributed by atoms with Gasteiger partial charge in [0, 0.05) is 5.56 Å². The van der Waals surface area contributed by atoms with E-state index in [0.717, 1.165) is 16.3 Å². The molecule has 0 saturated carbocycles. The molecule has 0 spiro atoms. The van der Waals surface area contributed by atoms with Gasteiger partial charge in [0.1, 0.15) is 0 Å². The highest BCUT2D eigenvalue weighted by Gasteiger charge is 2.20. The summed E-state index contributed by atoms with van der Waals surface area (Å²) in [5.41, 5.74) is 6.53. The maximum Gasteiger partial charge on any atom is 0.362 e. The smallest absolute Gasteiger partial charge is 0.362 e. The van der Waals surface area contributed by atoms with Gasteiger partial charge < -0.3 is 14.9 Å². The van der Waals surface area contributed by atoms with Crippen LogP contribution in [0.4, 0.5) is 5.88 Å². The second-order valence-electron chi connectivity index (χ2n) is 4.48. The Hall–Kier alpha value is -2.82. The zero-order chi connectivity index (χ0) is 14.8. The van der Waals surface area contributed by atoms with Crippen LogP contribution in [0.5, 0.6) is 0 Å². The highest BCUT2D eigenvalue weighted by molar-refractivity contribution is 5.97. The van der Waals surface area contributed by atoms with Crippen molar-refractivity contribution in [2.24, 2.45) is 0 Å². The lowest BCUT2D eigenvalue weighted by atomic mass is 10.0. The molecule has 0 saturated heterocycles. The van der Waals surface area contributed by atoms with Crippen LogP contribution in [-0.2, 0) is 4.74 Å². The van der Waals surface area contributed by atoms with Crippen molar-refractivity contribution < 1.29 is 13.9 Å². The molecule has 0 amide bonds. The third-order valence-electron chi connectivity index (χ3n) is 3.14. The standard InChI is InChI=1S/C16H14N2O3/c1-2-20-16(19)13-14(17)21-15(18-13)12-9-5-7-10-6-3-4-8-11(10)12/h3-9H,2,17H2,1H3. The maximum atomic E-state index is 11.7. The highest BCUT2D eigenvalue weighted by Crippen LogP contribution is 2.30. The lowest BCUT2D eigenvalue weighted by Crippen LogP contribution is -2.07. The van der Waals surface area contributed by atoms with Gasteiger partial charge in [0.15, 0.2) is 0 Å². The Kier molecular flexibility index (Phi) is 3.31. The van der Waals surface area contributed by atoms with E-state index in [1.165, 1.54) is 0 Å².